The molecule has 0 aromatic heterocycles. The number of carbonyl (C=O) groups is 1. The van der Waals surface area contributed by atoms with Gasteiger partial charge in [-0.05, 0) is 47.2 Å². The Morgan fingerprint density at radius 3 is 1.59 bits per heavy atom. The SMILES string of the molecule is NC(=O)c1ccccc1NCCCCO[C@H]1O[C@H](COCc2ccccc2)[C@@H](OCc2ccccc2)[C@H](OCc2ccccc2)[C@H]1OCc1ccccc1. The quantitative estimate of drug-likeness (QED) is 0.0740. The van der Waals surface area contributed by atoms with Crippen molar-refractivity contribution in [3.63, 3.8) is 0 Å². The van der Waals surface area contributed by atoms with Crippen molar-refractivity contribution in [3.05, 3.63) is 173 Å². The van der Waals surface area contributed by atoms with Crippen molar-refractivity contribution in [1.29, 1.82) is 0 Å². The number of primary amides is 1. The first-order chi connectivity index (χ1) is 26.6. The van der Waals surface area contributed by atoms with Gasteiger partial charge in [0.2, 0.25) is 0 Å². The lowest BCUT2D eigenvalue weighted by Crippen LogP contribution is -2.61. The molecule has 0 spiro atoms. The van der Waals surface area contributed by atoms with Gasteiger partial charge in [-0.25, -0.2) is 0 Å². The average Bonchev–Trinajstić information content (AvgIpc) is 3.22. The molecule has 1 heterocycles. The van der Waals surface area contributed by atoms with Crippen LogP contribution in [0.4, 0.5) is 5.69 Å². The highest BCUT2D eigenvalue weighted by molar-refractivity contribution is 5.98. The topological polar surface area (TPSA) is 111 Å². The summed E-state index contributed by atoms with van der Waals surface area (Å²) in [5.41, 5.74) is 10.9. The largest absolute Gasteiger partial charge is 0.384 e. The second kappa shape index (κ2) is 21.1. The third-order valence-electron chi connectivity index (χ3n) is 9.20. The fraction of sp³-hybridized carbons (Fsp3) is 0.311. The maximum atomic E-state index is 11.9. The van der Waals surface area contributed by atoms with E-state index in [0.29, 0.717) is 50.8 Å². The van der Waals surface area contributed by atoms with Crippen LogP contribution >= 0.6 is 0 Å². The molecular formula is C45H50N2O7. The Hall–Kier alpha value is -4.87. The van der Waals surface area contributed by atoms with E-state index in [2.05, 4.69) is 5.32 Å². The van der Waals surface area contributed by atoms with Gasteiger partial charge in [0.1, 0.15) is 24.4 Å². The molecule has 0 radical (unpaired) electrons. The van der Waals surface area contributed by atoms with Crippen LogP contribution in [0.2, 0.25) is 0 Å². The first-order valence-electron chi connectivity index (χ1n) is 18.6. The van der Waals surface area contributed by atoms with E-state index in [1.165, 1.54) is 0 Å². The molecule has 1 aliphatic heterocycles. The number of nitrogens with one attached hydrogen (secondary N) is 1. The predicted octanol–water partition coefficient (Wildman–Crippen LogP) is 7.69. The molecule has 0 unspecified atom stereocenters. The fourth-order valence-corrected chi connectivity index (χ4v) is 6.38. The van der Waals surface area contributed by atoms with E-state index in [4.69, 9.17) is 34.2 Å². The second-order valence-corrected chi connectivity index (χ2v) is 13.2. The Morgan fingerprint density at radius 2 is 1.04 bits per heavy atom. The van der Waals surface area contributed by atoms with Gasteiger partial charge in [0.15, 0.2) is 6.29 Å². The lowest BCUT2D eigenvalue weighted by molar-refractivity contribution is -0.328. The van der Waals surface area contributed by atoms with Crippen molar-refractivity contribution >= 4 is 11.6 Å². The van der Waals surface area contributed by atoms with Crippen LogP contribution in [0.15, 0.2) is 146 Å². The Kier molecular flexibility index (Phi) is 15.2. The van der Waals surface area contributed by atoms with Gasteiger partial charge in [-0.15, -0.1) is 0 Å². The van der Waals surface area contributed by atoms with Crippen molar-refractivity contribution in [2.75, 3.05) is 25.1 Å². The van der Waals surface area contributed by atoms with Crippen molar-refractivity contribution in [3.8, 4) is 0 Å². The molecule has 5 aromatic rings. The van der Waals surface area contributed by atoms with Crippen molar-refractivity contribution in [1.82, 2.24) is 0 Å². The van der Waals surface area contributed by atoms with Crippen molar-refractivity contribution < 1.29 is 33.2 Å². The van der Waals surface area contributed by atoms with Crippen LogP contribution in [0.5, 0.6) is 0 Å². The first kappa shape index (κ1) is 38.8. The average molecular weight is 731 g/mol. The molecule has 0 bridgehead atoms. The molecule has 1 saturated heterocycles. The highest BCUT2D eigenvalue weighted by Gasteiger charge is 2.49. The highest BCUT2D eigenvalue weighted by atomic mass is 16.7. The minimum atomic E-state index is -0.764. The molecule has 1 fully saturated rings. The van der Waals surface area contributed by atoms with Gasteiger partial charge in [0.25, 0.3) is 5.91 Å². The summed E-state index contributed by atoms with van der Waals surface area (Å²) in [6, 6.07) is 47.5. The zero-order valence-corrected chi connectivity index (χ0v) is 30.5. The molecule has 9 heteroatoms. The number of carbonyl (C=O) groups excluding carboxylic acids is 1. The lowest BCUT2D eigenvalue weighted by atomic mass is 9.97. The molecular weight excluding hydrogens is 681 g/mol. The number of nitrogens with two attached hydrogens (primary N) is 1. The summed E-state index contributed by atoms with van der Waals surface area (Å²) < 4.78 is 39.9. The molecule has 282 valence electrons. The van der Waals surface area contributed by atoms with Crippen LogP contribution in [0.3, 0.4) is 0 Å². The van der Waals surface area contributed by atoms with Gasteiger partial charge in [-0.3, -0.25) is 4.79 Å². The molecule has 1 aliphatic rings. The van der Waals surface area contributed by atoms with Crippen LogP contribution in [0, 0.1) is 0 Å². The number of amides is 1. The summed E-state index contributed by atoms with van der Waals surface area (Å²) in [4.78, 5) is 11.9. The maximum Gasteiger partial charge on any atom is 0.250 e. The summed E-state index contributed by atoms with van der Waals surface area (Å²) in [7, 11) is 0. The minimum Gasteiger partial charge on any atom is -0.384 e. The molecule has 3 N–H and O–H groups in total. The van der Waals surface area contributed by atoms with E-state index in [1.54, 1.807) is 12.1 Å². The van der Waals surface area contributed by atoms with Crippen LogP contribution in [-0.2, 0) is 54.8 Å². The summed E-state index contributed by atoms with van der Waals surface area (Å²) >= 11 is 0. The number of ether oxygens (including phenoxy) is 6. The first-order valence-corrected chi connectivity index (χ1v) is 18.6. The van der Waals surface area contributed by atoms with Crippen molar-refractivity contribution in [2.24, 2.45) is 5.73 Å². The molecule has 5 aromatic carbocycles. The Morgan fingerprint density at radius 1 is 0.556 bits per heavy atom. The van der Waals surface area contributed by atoms with Gasteiger partial charge in [0.05, 0.1) is 38.6 Å². The Balaban J connectivity index is 1.21. The molecule has 6 rings (SSSR count). The lowest BCUT2D eigenvalue weighted by Gasteiger charge is -2.46. The summed E-state index contributed by atoms with van der Waals surface area (Å²) in [5, 5.41) is 3.33. The zero-order valence-electron chi connectivity index (χ0n) is 30.5. The predicted molar refractivity (Wildman–Crippen MR) is 208 cm³/mol. The Labute approximate surface area is 318 Å². The zero-order chi connectivity index (χ0) is 37.2. The van der Waals surface area contributed by atoms with E-state index in [-0.39, 0.29) is 6.61 Å². The van der Waals surface area contributed by atoms with Crippen molar-refractivity contribution in [2.45, 2.75) is 70.0 Å². The van der Waals surface area contributed by atoms with Gasteiger partial charge >= 0.3 is 0 Å². The maximum absolute atomic E-state index is 11.9. The molecule has 5 atom stereocenters. The molecule has 9 nitrogen and oxygen atoms in total. The monoisotopic (exact) mass is 730 g/mol. The van der Waals surface area contributed by atoms with Gasteiger partial charge in [0, 0.05) is 18.8 Å². The van der Waals surface area contributed by atoms with E-state index >= 15 is 0 Å². The van der Waals surface area contributed by atoms with Crippen LogP contribution in [0.1, 0.15) is 45.5 Å². The number of hydrogen-bond acceptors (Lipinski definition) is 8. The van der Waals surface area contributed by atoms with E-state index in [1.807, 2.05) is 133 Å². The van der Waals surface area contributed by atoms with E-state index in [9.17, 15) is 4.79 Å². The van der Waals surface area contributed by atoms with Gasteiger partial charge in [-0.1, -0.05) is 133 Å². The number of hydrogen-bond donors (Lipinski definition) is 2. The molecule has 0 aliphatic carbocycles. The summed E-state index contributed by atoms with van der Waals surface area (Å²) in [5.74, 6) is -0.463. The normalized spacial score (nSPS) is 19.7. The summed E-state index contributed by atoms with van der Waals surface area (Å²) in [6.07, 6.45) is -1.49. The van der Waals surface area contributed by atoms with E-state index in [0.717, 1.165) is 35.1 Å². The van der Waals surface area contributed by atoms with Gasteiger partial charge in [-0.2, -0.15) is 0 Å². The van der Waals surface area contributed by atoms with Crippen LogP contribution in [-0.4, -0.2) is 56.4 Å². The molecule has 0 saturated carbocycles. The highest BCUT2D eigenvalue weighted by Crippen LogP contribution is 2.32. The number of rotatable bonds is 21. The number of benzene rings is 5. The second-order valence-electron chi connectivity index (χ2n) is 13.2. The third kappa shape index (κ3) is 11.8. The van der Waals surface area contributed by atoms with Gasteiger partial charge < -0.3 is 39.5 Å². The molecule has 54 heavy (non-hydrogen) atoms. The minimum absolute atomic E-state index is 0.258. The number of anilines is 1. The van der Waals surface area contributed by atoms with Crippen LogP contribution in [0.25, 0.3) is 0 Å². The number of para-hydroxylation sites is 1. The summed E-state index contributed by atoms with van der Waals surface area (Å²) in [6.45, 7) is 2.78. The fourth-order valence-electron chi connectivity index (χ4n) is 6.38. The third-order valence-corrected chi connectivity index (χ3v) is 9.20. The standard InChI is InChI=1S/C45H50N2O7/c46-44(48)38-25-13-14-26-39(38)47-27-15-16-28-50-45-43(53-32-37-23-11-4-12-24-37)42(52-31-36-21-9-3-10-22-36)41(51-30-35-19-7-2-8-20-35)40(54-45)33-49-29-34-17-5-1-6-18-34/h1-14,17-26,40-43,45,47H,15-16,27-33H2,(H2,46,48)/t40-,41-,42+,43-,45+/m1/s1. The van der Waals surface area contributed by atoms with Crippen LogP contribution < -0.4 is 11.1 Å². The van der Waals surface area contributed by atoms with E-state index < -0.39 is 36.6 Å². The smallest absolute Gasteiger partial charge is 0.250 e. The number of unbranched alkanes of at least 4 members (excludes halogenated alkanes) is 1. The molecule has 1 amide bonds. The Bertz CT molecular complexity index is 1800.